The van der Waals surface area contributed by atoms with E-state index in [4.69, 9.17) is 21.7 Å². The molecule has 0 aromatic carbocycles. The van der Waals surface area contributed by atoms with Crippen molar-refractivity contribution in [1.29, 1.82) is 0 Å². The molecule has 0 aromatic rings. The molecule has 0 saturated carbocycles. The lowest BCUT2D eigenvalue weighted by molar-refractivity contribution is -0.143. The van der Waals surface area contributed by atoms with Gasteiger partial charge < -0.3 is 42.7 Å². The molecule has 0 radical (unpaired) electrons. The van der Waals surface area contributed by atoms with Gasteiger partial charge in [-0.2, -0.15) is 0 Å². The largest absolute Gasteiger partial charge is 0.481 e. The van der Waals surface area contributed by atoms with E-state index in [1.54, 1.807) is 0 Å². The predicted octanol–water partition coefficient (Wildman–Crippen LogP) is -4.01. The summed E-state index contributed by atoms with van der Waals surface area (Å²) in [7, 11) is 0. The molecule has 0 aliphatic carbocycles. The van der Waals surface area contributed by atoms with Crippen LogP contribution in [0.15, 0.2) is 0 Å². The zero-order chi connectivity index (χ0) is 23.6. The minimum Gasteiger partial charge on any atom is -0.481 e. The van der Waals surface area contributed by atoms with Gasteiger partial charge in [0.15, 0.2) is 0 Å². The van der Waals surface area contributed by atoms with Crippen molar-refractivity contribution < 1.29 is 44.1 Å². The number of carboxylic acid groups (broad SMARTS) is 2. The van der Waals surface area contributed by atoms with Gasteiger partial charge in [0, 0.05) is 6.42 Å². The molecule has 170 valence electrons. The number of aliphatic carboxylic acids is 2. The topological polar surface area (TPSA) is 251 Å². The van der Waals surface area contributed by atoms with Crippen molar-refractivity contribution >= 4 is 35.6 Å². The SMILES string of the molecule is CC(NC(=O)C(CC(=O)O)NC(=O)C(CCC(N)=O)NC(=O)C(N)C(C)O)C(=O)O. The van der Waals surface area contributed by atoms with Crippen LogP contribution in [0, 0.1) is 0 Å². The second kappa shape index (κ2) is 12.3. The summed E-state index contributed by atoms with van der Waals surface area (Å²) >= 11 is 0. The maximum absolute atomic E-state index is 12.5. The van der Waals surface area contributed by atoms with E-state index in [1.165, 1.54) is 6.92 Å². The normalized spacial score (nSPS) is 15.6. The second-order valence-corrected chi connectivity index (χ2v) is 6.56. The molecule has 0 bridgehead atoms. The Morgan fingerprint density at radius 2 is 1.37 bits per heavy atom. The fraction of sp³-hybridized carbons (Fsp3) is 0.625. The van der Waals surface area contributed by atoms with Crippen LogP contribution in [0.1, 0.15) is 33.1 Å². The molecule has 0 fully saturated rings. The summed E-state index contributed by atoms with van der Waals surface area (Å²) in [4.78, 5) is 69.6. The fourth-order valence-electron chi connectivity index (χ4n) is 2.07. The van der Waals surface area contributed by atoms with Gasteiger partial charge in [-0.05, 0) is 20.3 Å². The van der Waals surface area contributed by atoms with Crippen LogP contribution in [-0.4, -0.2) is 81.2 Å². The van der Waals surface area contributed by atoms with Crippen LogP contribution < -0.4 is 27.4 Å². The van der Waals surface area contributed by atoms with E-state index in [9.17, 15) is 33.9 Å². The number of carbonyl (C=O) groups is 6. The van der Waals surface area contributed by atoms with Gasteiger partial charge in [-0.1, -0.05) is 0 Å². The average Bonchev–Trinajstić information content (AvgIpc) is 2.62. The minimum atomic E-state index is -1.67. The first-order chi connectivity index (χ1) is 13.8. The summed E-state index contributed by atoms with van der Waals surface area (Å²) in [6, 6.07) is -5.87. The smallest absolute Gasteiger partial charge is 0.325 e. The van der Waals surface area contributed by atoms with Crippen LogP contribution in [0.5, 0.6) is 0 Å². The van der Waals surface area contributed by atoms with Gasteiger partial charge >= 0.3 is 11.9 Å². The molecule has 5 atom stereocenters. The second-order valence-electron chi connectivity index (χ2n) is 6.56. The lowest BCUT2D eigenvalue weighted by Crippen LogP contribution is -2.58. The van der Waals surface area contributed by atoms with Gasteiger partial charge in [0.05, 0.1) is 12.5 Å². The van der Waals surface area contributed by atoms with Crippen LogP contribution in [0.3, 0.4) is 0 Å². The van der Waals surface area contributed by atoms with Gasteiger partial charge in [-0.15, -0.1) is 0 Å². The van der Waals surface area contributed by atoms with Crippen molar-refractivity contribution in [3.63, 3.8) is 0 Å². The number of aliphatic hydroxyl groups is 1. The molecule has 4 amide bonds. The molecule has 14 heteroatoms. The number of carbonyl (C=O) groups excluding carboxylic acids is 4. The quantitative estimate of drug-likeness (QED) is 0.140. The Balaban J connectivity index is 5.44. The zero-order valence-electron chi connectivity index (χ0n) is 16.5. The molecule has 0 rings (SSSR count). The van der Waals surface area contributed by atoms with Crippen molar-refractivity contribution in [2.24, 2.45) is 11.5 Å². The van der Waals surface area contributed by atoms with Gasteiger partial charge in [0.1, 0.15) is 24.2 Å². The standard InChI is InChI=1S/C16H27N5O9/c1-6(16(29)30)19-14(27)9(5-11(24)25)21-13(26)8(3-4-10(17)23)20-15(28)12(18)7(2)22/h6-9,12,22H,3-5,18H2,1-2H3,(H2,17,23)(H,19,27)(H,20,28)(H,21,26)(H,24,25)(H,29,30). The Kier molecular flexibility index (Phi) is 11.0. The lowest BCUT2D eigenvalue weighted by atomic mass is 10.1. The molecule has 10 N–H and O–H groups in total. The van der Waals surface area contributed by atoms with E-state index in [0.29, 0.717) is 0 Å². The van der Waals surface area contributed by atoms with Crippen molar-refractivity contribution in [2.45, 2.75) is 63.4 Å². The summed E-state index contributed by atoms with van der Waals surface area (Å²) in [5.74, 6) is -6.70. The highest BCUT2D eigenvalue weighted by molar-refractivity contribution is 5.95. The van der Waals surface area contributed by atoms with E-state index in [0.717, 1.165) is 6.92 Å². The minimum absolute atomic E-state index is 0.299. The highest BCUT2D eigenvalue weighted by Gasteiger charge is 2.31. The van der Waals surface area contributed by atoms with Crippen LogP contribution in [0.2, 0.25) is 0 Å². The Morgan fingerprint density at radius 3 is 1.80 bits per heavy atom. The summed E-state index contributed by atoms with van der Waals surface area (Å²) in [6.07, 6.45) is -2.78. The lowest BCUT2D eigenvalue weighted by Gasteiger charge is -2.24. The fourth-order valence-corrected chi connectivity index (χ4v) is 2.07. The monoisotopic (exact) mass is 433 g/mol. The Labute approximate surface area is 171 Å². The maximum Gasteiger partial charge on any atom is 0.325 e. The van der Waals surface area contributed by atoms with Crippen molar-refractivity contribution in [3.05, 3.63) is 0 Å². The number of hydrogen-bond acceptors (Lipinski definition) is 8. The Morgan fingerprint density at radius 1 is 0.867 bits per heavy atom. The number of aliphatic hydroxyl groups excluding tert-OH is 1. The molecule has 0 aliphatic rings. The molecule has 0 saturated heterocycles. The first kappa shape index (κ1) is 26.7. The summed E-state index contributed by atoms with van der Waals surface area (Å²) in [5.41, 5.74) is 10.5. The highest BCUT2D eigenvalue weighted by Crippen LogP contribution is 2.03. The number of hydrogen-bond donors (Lipinski definition) is 8. The van der Waals surface area contributed by atoms with Crippen molar-refractivity contribution in [1.82, 2.24) is 16.0 Å². The maximum atomic E-state index is 12.5. The number of amides is 4. The third-order valence-corrected chi connectivity index (χ3v) is 3.88. The first-order valence-corrected chi connectivity index (χ1v) is 8.83. The number of nitrogens with two attached hydrogens (primary N) is 2. The first-order valence-electron chi connectivity index (χ1n) is 8.83. The number of nitrogens with one attached hydrogen (secondary N) is 3. The third kappa shape index (κ3) is 9.79. The summed E-state index contributed by atoms with van der Waals surface area (Å²) < 4.78 is 0. The van der Waals surface area contributed by atoms with Crippen molar-refractivity contribution in [2.75, 3.05) is 0 Å². The van der Waals surface area contributed by atoms with E-state index in [1.807, 2.05) is 5.32 Å². The van der Waals surface area contributed by atoms with E-state index < -0.39 is 72.3 Å². The predicted molar refractivity (Wildman–Crippen MR) is 99.4 cm³/mol. The van der Waals surface area contributed by atoms with E-state index in [2.05, 4.69) is 10.6 Å². The molecule has 30 heavy (non-hydrogen) atoms. The summed E-state index contributed by atoms with van der Waals surface area (Å²) in [6.45, 7) is 2.37. The molecule has 14 nitrogen and oxygen atoms in total. The third-order valence-electron chi connectivity index (χ3n) is 3.88. The molecule has 0 aromatic heterocycles. The van der Waals surface area contributed by atoms with Gasteiger partial charge in [-0.25, -0.2) is 0 Å². The van der Waals surface area contributed by atoms with Crippen LogP contribution in [0.25, 0.3) is 0 Å². The van der Waals surface area contributed by atoms with Gasteiger partial charge in [0.25, 0.3) is 0 Å². The highest BCUT2D eigenvalue weighted by atomic mass is 16.4. The van der Waals surface area contributed by atoms with Gasteiger partial charge in [-0.3, -0.25) is 28.8 Å². The van der Waals surface area contributed by atoms with Crippen LogP contribution in [0.4, 0.5) is 0 Å². The number of carboxylic acids is 2. The number of rotatable bonds is 13. The Bertz CT molecular complexity index is 682. The summed E-state index contributed by atoms with van der Waals surface area (Å²) in [5, 5.41) is 33.5. The zero-order valence-corrected chi connectivity index (χ0v) is 16.5. The van der Waals surface area contributed by atoms with Gasteiger partial charge in [0.2, 0.25) is 23.6 Å². The van der Waals surface area contributed by atoms with Crippen LogP contribution in [-0.2, 0) is 28.8 Å². The van der Waals surface area contributed by atoms with Crippen molar-refractivity contribution in [3.8, 4) is 0 Å². The average molecular weight is 433 g/mol. The molecule has 5 unspecified atom stereocenters. The van der Waals surface area contributed by atoms with E-state index >= 15 is 0 Å². The molecular formula is C16H27N5O9. The van der Waals surface area contributed by atoms with Crippen LogP contribution >= 0.6 is 0 Å². The Hall–Kier alpha value is -3.26. The molecule has 0 aliphatic heterocycles. The molecule has 0 spiro atoms. The molecule has 0 heterocycles. The molecular weight excluding hydrogens is 406 g/mol. The number of primary amides is 1. The van der Waals surface area contributed by atoms with E-state index in [-0.39, 0.29) is 12.8 Å².